The van der Waals surface area contributed by atoms with Gasteiger partial charge in [0.15, 0.2) is 6.61 Å². The Morgan fingerprint density at radius 3 is 2.33 bits per heavy atom. The summed E-state index contributed by atoms with van der Waals surface area (Å²) in [7, 11) is 0. The molecule has 2 rings (SSSR count). The molecule has 0 bridgehead atoms. The second-order valence-corrected chi connectivity index (χ2v) is 6.26. The summed E-state index contributed by atoms with van der Waals surface area (Å²) in [6.45, 7) is 8.17. The first-order chi connectivity index (χ1) is 11.4. The summed E-state index contributed by atoms with van der Waals surface area (Å²) in [5, 5.41) is 2.81. The van der Waals surface area contributed by atoms with E-state index < -0.39 is 0 Å². The first-order valence-electron chi connectivity index (χ1n) is 8.23. The Morgan fingerprint density at radius 2 is 1.71 bits per heavy atom. The van der Waals surface area contributed by atoms with Gasteiger partial charge in [-0.1, -0.05) is 26.0 Å². The largest absolute Gasteiger partial charge is 0.491 e. The fraction of sp³-hybridized carbons (Fsp3) is 0.350. The summed E-state index contributed by atoms with van der Waals surface area (Å²) in [4.78, 5) is 12.0. The second-order valence-electron chi connectivity index (χ2n) is 6.26. The average molecular weight is 327 g/mol. The van der Waals surface area contributed by atoms with Gasteiger partial charge in [-0.15, -0.1) is 0 Å². The predicted octanol–water partition coefficient (Wildman–Crippen LogP) is 4.61. The number of carbonyl (C=O) groups is 1. The van der Waals surface area contributed by atoms with Crippen molar-refractivity contribution in [2.45, 2.75) is 39.7 Å². The molecule has 0 spiro atoms. The molecular weight excluding hydrogens is 302 g/mol. The monoisotopic (exact) mass is 327 g/mol. The van der Waals surface area contributed by atoms with E-state index in [1.54, 1.807) is 0 Å². The van der Waals surface area contributed by atoms with E-state index in [1.807, 2.05) is 56.3 Å². The third-order valence-corrected chi connectivity index (χ3v) is 3.40. The van der Waals surface area contributed by atoms with Crippen LogP contribution in [0, 0.1) is 0 Å². The van der Waals surface area contributed by atoms with Crippen LogP contribution < -0.4 is 14.8 Å². The molecule has 0 aliphatic carbocycles. The third kappa shape index (κ3) is 5.61. The molecule has 4 heteroatoms. The SMILES string of the molecule is CC(C)Oc1ccc(NC(=O)COc2cccc(C(C)C)c2)cc1. The molecule has 0 heterocycles. The minimum absolute atomic E-state index is 0.0220. The van der Waals surface area contributed by atoms with Crippen LogP contribution in [0.2, 0.25) is 0 Å². The van der Waals surface area contributed by atoms with Gasteiger partial charge in [-0.2, -0.15) is 0 Å². The smallest absolute Gasteiger partial charge is 0.262 e. The van der Waals surface area contributed by atoms with Crippen molar-refractivity contribution >= 4 is 11.6 Å². The Labute approximate surface area is 143 Å². The van der Waals surface area contributed by atoms with Crippen molar-refractivity contribution in [2.24, 2.45) is 0 Å². The van der Waals surface area contributed by atoms with Gasteiger partial charge in [-0.05, 0) is 61.7 Å². The molecule has 2 aromatic rings. The van der Waals surface area contributed by atoms with E-state index in [1.165, 1.54) is 5.56 Å². The van der Waals surface area contributed by atoms with E-state index in [-0.39, 0.29) is 18.6 Å². The van der Waals surface area contributed by atoms with Crippen molar-refractivity contribution in [3.05, 3.63) is 54.1 Å². The summed E-state index contributed by atoms with van der Waals surface area (Å²) < 4.78 is 11.1. The van der Waals surface area contributed by atoms with Gasteiger partial charge in [0.25, 0.3) is 5.91 Å². The van der Waals surface area contributed by atoms with Gasteiger partial charge in [-0.3, -0.25) is 4.79 Å². The molecule has 24 heavy (non-hydrogen) atoms. The van der Waals surface area contributed by atoms with Crippen LogP contribution in [-0.2, 0) is 4.79 Å². The number of rotatable bonds is 7. The maximum atomic E-state index is 12.0. The minimum atomic E-state index is -0.192. The molecule has 128 valence electrons. The average Bonchev–Trinajstić information content (AvgIpc) is 2.54. The van der Waals surface area contributed by atoms with Crippen LogP contribution in [0.5, 0.6) is 11.5 Å². The molecule has 0 saturated heterocycles. The number of nitrogens with one attached hydrogen (secondary N) is 1. The molecule has 4 nitrogen and oxygen atoms in total. The minimum Gasteiger partial charge on any atom is -0.491 e. The Morgan fingerprint density at radius 1 is 1.00 bits per heavy atom. The maximum absolute atomic E-state index is 12.0. The number of ether oxygens (including phenoxy) is 2. The van der Waals surface area contributed by atoms with E-state index in [0.29, 0.717) is 11.7 Å². The predicted molar refractivity (Wildman–Crippen MR) is 96.9 cm³/mol. The molecule has 1 amide bonds. The highest BCUT2D eigenvalue weighted by molar-refractivity contribution is 5.91. The molecule has 0 aliphatic heterocycles. The van der Waals surface area contributed by atoms with Crippen LogP contribution in [0.4, 0.5) is 5.69 Å². The zero-order valence-electron chi connectivity index (χ0n) is 14.7. The van der Waals surface area contributed by atoms with E-state index in [0.717, 1.165) is 11.4 Å². The topological polar surface area (TPSA) is 47.6 Å². The Balaban J connectivity index is 1.86. The summed E-state index contributed by atoms with van der Waals surface area (Å²) in [5.41, 5.74) is 1.91. The molecule has 0 aliphatic rings. The lowest BCUT2D eigenvalue weighted by Crippen LogP contribution is -2.20. The van der Waals surface area contributed by atoms with Crippen LogP contribution in [0.3, 0.4) is 0 Å². The highest BCUT2D eigenvalue weighted by atomic mass is 16.5. The van der Waals surface area contributed by atoms with Crippen LogP contribution in [0.1, 0.15) is 39.2 Å². The number of benzene rings is 2. The van der Waals surface area contributed by atoms with Crippen molar-refractivity contribution in [3.63, 3.8) is 0 Å². The van der Waals surface area contributed by atoms with E-state index in [4.69, 9.17) is 9.47 Å². The first-order valence-corrected chi connectivity index (χ1v) is 8.23. The summed E-state index contributed by atoms with van der Waals surface area (Å²) in [5.74, 6) is 1.72. The van der Waals surface area contributed by atoms with Crippen molar-refractivity contribution in [1.82, 2.24) is 0 Å². The van der Waals surface area contributed by atoms with E-state index >= 15 is 0 Å². The lowest BCUT2D eigenvalue weighted by Gasteiger charge is -2.12. The maximum Gasteiger partial charge on any atom is 0.262 e. The van der Waals surface area contributed by atoms with E-state index in [2.05, 4.69) is 25.2 Å². The molecule has 0 atom stereocenters. The number of anilines is 1. The summed E-state index contributed by atoms with van der Waals surface area (Å²) in [6, 6.07) is 15.1. The van der Waals surface area contributed by atoms with Crippen molar-refractivity contribution in [2.75, 3.05) is 11.9 Å². The lowest BCUT2D eigenvalue weighted by molar-refractivity contribution is -0.118. The molecule has 0 aromatic heterocycles. The van der Waals surface area contributed by atoms with Gasteiger partial charge < -0.3 is 14.8 Å². The zero-order valence-corrected chi connectivity index (χ0v) is 14.7. The quantitative estimate of drug-likeness (QED) is 0.807. The van der Waals surface area contributed by atoms with Gasteiger partial charge in [0.05, 0.1) is 6.10 Å². The highest BCUT2D eigenvalue weighted by Gasteiger charge is 2.06. The van der Waals surface area contributed by atoms with Crippen molar-refractivity contribution < 1.29 is 14.3 Å². The Kier molecular flexibility index (Phi) is 6.24. The lowest BCUT2D eigenvalue weighted by atomic mass is 10.0. The standard InChI is InChI=1S/C20H25NO3/c1-14(2)16-6-5-7-19(12-16)23-13-20(22)21-17-8-10-18(11-9-17)24-15(3)4/h5-12,14-15H,13H2,1-4H3,(H,21,22). The fourth-order valence-electron chi connectivity index (χ4n) is 2.20. The fourth-order valence-corrected chi connectivity index (χ4v) is 2.20. The molecule has 0 fully saturated rings. The number of carbonyl (C=O) groups excluding carboxylic acids is 1. The zero-order chi connectivity index (χ0) is 17.5. The van der Waals surface area contributed by atoms with Gasteiger partial charge in [0, 0.05) is 5.69 Å². The highest BCUT2D eigenvalue weighted by Crippen LogP contribution is 2.20. The Bertz CT molecular complexity index is 663. The van der Waals surface area contributed by atoms with Gasteiger partial charge in [0.2, 0.25) is 0 Å². The van der Waals surface area contributed by atoms with Crippen molar-refractivity contribution in [3.8, 4) is 11.5 Å². The Hall–Kier alpha value is -2.49. The van der Waals surface area contributed by atoms with Gasteiger partial charge in [0.1, 0.15) is 11.5 Å². The first kappa shape index (κ1) is 17.9. The molecule has 0 saturated carbocycles. The third-order valence-electron chi connectivity index (χ3n) is 3.40. The number of hydrogen-bond donors (Lipinski definition) is 1. The van der Waals surface area contributed by atoms with Gasteiger partial charge >= 0.3 is 0 Å². The molecule has 0 radical (unpaired) electrons. The molecule has 1 N–H and O–H groups in total. The number of hydrogen-bond acceptors (Lipinski definition) is 3. The summed E-state index contributed by atoms with van der Waals surface area (Å²) >= 11 is 0. The molecular formula is C20H25NO3. The van der Waals surface area contributed by atoms with E-state index in [9.17, 15) is 4.79 Å². The van der Waals surface area contributed by atoms with Crippen LogP contribution in [-0.4, -0.2) is 18.6 Å². The number of amides is 1. The second kappa shape index (κ2) is 8.39. The van der Waals surface area contributed by atoms with Crippen LogP contribution in [0.15, 0.2) is 48.5 Å². The van der Waals surface area contributed by atoms with Gasteiger partial charge in [-0.25, -0.2) is 0 Å². The van der Waals surface area contributed by atoms with Crippen molar-refractivity contribution in [1.29, 1.82) is 0 Å². The normalized spacial score (nSPS) is 10.8. The summed E-state index contributed by atoms with van der Waals surface area (Å²) in [6.07, 6.45) is 0.125. The molecule has 2 aromatic carbocycles. The van der Waals surface area contributed by atoms with Crippen LogP contribution >= 0.6 is 0 Å². The van der Waals surface area contributed by atoms with Crippen LogP contribution in [0.25, 0.3) is 0 Å². The molecule has 0 unspecified atom stereocenters.